The first-order valence-corrected chi connectivity index (χ1v) is 18.2. The summed E-state index contributed by atoms with van der Waals surface area (Å²) in [5, 5.41) is 4.31. The first kappa shape index (κ1) is 35.1. The number of benzene rings is 3. The third-order valence-corrected chi connectivity index (χ3v) is 11.7. The Labute approximate surface area is 297 Å². The lowest BCUT2D eigenvalue weighted by molar-refractivity contribution is -0.149. The fourth-order valence-electron chi connectivity index (χ4n) is 8.74. The van der Waals surface area contributed by atoms with Crippen LogP contribution in [-0.4, -0.2) is 53.5 Å². The number of carbonyl (C=O) groups excluding carboxylic acids is 2. The topological polar surface area (TPSA) is 77.7 Å². The maximum atomic E-state index is 14.8. The summed E-state index contributed by atoms with van der Waals surface area (Å²) < 4.78 is 45.9. The van der Waals surface area contributed by atoms with E-state index in [-0.39, 0.29) is 42.0 Å². The van der Waals surface area contributed by atoms with E-state index >= 15 is 0 Å². The van der Waals surface area contributed by atoms with Crippen LogP contribution < -0.4 is 10.2 Å². The van der Waals surface area contributed by atoms with Gasteiger partial charge >= 0.3 is 6.18 Å². The predicted octanol–water partition coefficient (Wildman–Crippen LogP) is 8.83. The fourth-order valence-corrected chi connectivity index (χ4v) is 8.74. The van der Waals surface area contributed by atoms with Crippen LogP contribution in [0.2, 0.25) is 0 Å². The van der Waals surface area contributed by atoms with E-state index in [1.54, 1.807) is 4.90 Å². The number of aryl methyl sites for hydroxylation is 1. The third-order valence-electron chi connectivity index (χ3n) is 11.7. The highest BCUT2D eigenvalue weighted by Crippen LogP contribution is 2.67. The molecule has 1 aromatic heterocycles. The molecule has 2 amide bonds. The normalized spacial score (nSPS) is 21.3. The van der Waals surface area contributed by atoms with Crippen LogP contribution in [0, 0.1) is 18.3 Å². The molecule has 7 nitrogen and oxygen atoms in total. The van der Waals surface area contributed by atoms with Gasteiger partial charge in [0.2, 0.25) is 11.8 Å². The molecule has 7 rings (SSSR count). The van der Waals surface area contributed by atoms with Crippen LogP contribution in [0.1, 0.15) is 80.7 Å². The van der Waals surface area contributed by atoms with Crippen molar-refractivity contribution >= 4 is 34.1 Å². The predicted molar refractivity (Wildman–Crippen MR) is 194 cm³/mol. The van der Waals surface area contributed by atoms with Gasteiger partial charge in [-0.1, -0.05) is 63.4 Å². The summed E-state index contributed by atoms with van der Waals surface area (Å²) in [6.07, 6.45) is -0.780. The van der Waals surface area contributed by atoms with E-state index in [4.69, 9.17) is 4.74 Å². The van der Waals surface area contributed by atoms with E-state index in [1.165, 1.54) is 17.7 Å². The number of nitrogens with zero attached hydrogens (tertiary/aromatic N) is 2. The molecule has 2 heterocycles. The molecular formula is C41H47F3N4O3. The number of morpholine rings is 1. The number of H-pyrrole nitrogens is 1. The average molecular weight is 701 g/mol. The number of hydrogen-bond donors (Lipinski definition) is 2. The fraction of sp³-hybridized carbons (Fsp3) is 0.463. The van der Waals surface area contributed by atoms with Gasteiger partial charge in [0.15, 0.2) is 0 Å². The lowest BCUT2D eigenvalue weighted by atomic mass is 9.78. The summed E-state index contributed by atoms with van der Waals surface area (Å²) in [5.74, 6) is -0.213. The third kappa shape index (κ3) is 6.87. The average Bonchev–Trinajstić information content (AvgIpc) is 3.47. The second-order valence-corrected chi connectivity index (χ2v) is 15.2. The van der Waals surface area contributed by atoms with E-state index in [9.17, 15) is 22.8 Å². The van der Waals surface area contributed by atoms with Crippen LogP contribution in [0.25, 0.3) is 10.9 Å². The molecule has 10 heteroatoms. The number of hydrogen-bond acceptors (Lipinski definition) is 4. The highest BCUT2D eigenvalue weighted by Gasteiger charge is 2.60. The molecule has 1 aliphatic heterocycles. The summed E-state index contributed by atoms with van der Waals surface area (Å²) in [6, 6.07) is 21.0. The number of carbonyl (C=O) groups is 2. The second-order valence-electron chi connectivity index (χ2n) is 15.2. The number of amides is 2. The highest BCUT2D eigenvalue weighted by molar-refractivity contribution is 6.01. The molecular weight excluding hydrogens is 653 g/mol. The number of halogens is 3. The van der Waals surface area contributed by atoms with E-state index in [0.29, 0.717) is 37.3 Å². The van der Waals surface area contributed by atoms with Gasteiger partial charge in [0, 0.05) is 54.0 Å². The molecule has 2 aliphatic carbocycles. The van der Waals surface area contributed by atoms with Crippen LogP contribution in [-0.2, 0) is 27.0 Å². The molecule has 2 atom stereocenters. The van der Waals surface area contributed by atoms with E-state index in [1.807, 2.05) is 36.4 Å². The maximum absolute atomic E-state index is 14.8. The standard InChI is InChI=1S/C41H47F3N4O3/c1-27-36(32-9-5-6-10-34(32)45-27)37-33(39(37,2)3)25-35(49)48(26-28-11-13-29(14-12-28)41(42,43)44)40(19-7-4-8-20-40)38(50)46-30-15-17-31(18-16-30)47-21-23-51-24-22-47/h5-6,9-18,33,37,45H,4,7-8,19-26H2,1-3H3,(H,46,50)/t33-,37-/m1/s1. The van der Waals surface area contributed by atoms with Gasteiger partial charge in [0.25, 0.3) is 0 Å². The Morgan fingerprint density at radius 2 is 1.61 bits per heavy atom. The van der Waals surface area contributed by atoms with Crippen molar-refractivity contribution in [3.8, 4) is 0 Å². The lowest BCUT2D eigenvalue weighted by Gasteiger charge is -2.45. The molecule has 4 aromatic rings. The zero-order valence-corrected chi connectivity index (χ0v) is 29.6. The Morgan fingerprint density at radius 1 is 0.941 bits per heavy atom. The van der Waals surface area contributed by atoms with Crippen LogP contribution >= 0.6 is 0 Å². The summed E-state index contributed by atoms with van der Waals surface area (Å²) in [6.45, 7) is 9.46. The van der Waals surface area contributed by atoms with Crippen molar-refractivity contribution in [2.75, 3.05) is 36.5 Å². The minimum absolute atomic E-state index is 0.0365. The molecule has 2 N–H and O–H groups in total. The summed E-state index contributed by atoms with van der Waals surface area (Å²) in [5.41, 5.74) is 3.59. The Balaban J connectivity index is 1.19. The number of alkyl halides is 3. The van der Waals surface area contributed by atoms with Gasteiger partial charge in [-0.15, -0.1) is 0 Å². The summed E-state index contributed by atoms with van der Waals surface area (Å²) >= 11 is 0. The number of para-hydroxylation sites is 1. The van der Waals surface area contributed by atoms with Crippen LogP contribution in [0.3, 0.4) is 0 Å². The minimum atomic E-state index is -4.47. The van der Waals surface area contributed by atoms with Crippen LogP contribution in [0.15, 0.2) is 72.8 Å². The quantitative estimate of drug-likeness (QED) is 0.183. The summed E-state index contributed by atoms with van der Waals surface area (Å²) in [7, 11) is 0. The highest BCUT2D eigenvalue weighted by atomic mass is 19.4. The lowest BCUT2D eigenvalue weighted by Crippen LogP contribution is -2.59. The molecule has 270 valence electrons. The first-order valence-electron chi connectivity index (χ1n) is 18.2. The molecule has 0 radical (unpaired) electrons. The van der Waals surface area contributed by atoms with Crippen molar-refractivity contribution in [2.24, 2.45) is 11.3 Å². The number of aromatic nitrogens is 1. The number of rotatable bonds is 9. The first-order chi connectivity index (χ1) is 24.4. The van der Waals surface area contributed by atoms with Crippen molar-refractivity contribution in [3.05, 3.63) is 95.2 Å². The van der Waals surface area contributed by atoms with Gasteiger partial charge in [0.1, 0.15) is 5.54 Å². The summed E-state index contributed by atoms with van der Waals surface area (Å²) in [4.78, 5) is 36.8. The van der Waals surface area contributed by atoms with Crippen molar-refractivity contribution < 1.29 is 27.5 Å². The molecule has 51 heavy (non-hydrogen) atoms. The zero-order valence-electron chi connectivity index (χ0n) is 29.6. The number of fused-ring (bicyclic) bond motifs is 1. The van der Waals surface area contributed by atoms with Gasteiger partial charge in [-0.3, -0.25) is 9.59 Å². The molecule has 0 unspecified atom stereocenters. The Morgan fingerprint density at radius 3 is 2.27 bits per heavy atom. The van der Waals surface area contributed by atoms with E-state index in [0.717, 1.165) is 66.8 Å². The Kier molecular flexibility index (Phi) is 9.41. The van der Waals surface area contributed by atoms with Crippen LogP contribution in [0.4, 0.5) is 24.5 Å². The Bertz CT molecular complexity index is 1870. The van der Waals surface area contributed by atoms with E-state index < -0.39 is 17.3 Å². The van der Waals surface area contributed by atoms with Gasteiger partial charge in [-0.2, -0.15) is 13.2 Å². The largest absolute Gasteiger partial charge is 0.416 e. The molecule has 3 fully saturated rings. The molecule has 3 aromatic carbocycles. The zero-order chi connectivity index (χ0) is 36.0. The number of aromatic amines is 1. The minimum Gasteiger partial charge on any atom is -0.378 e. The second kappa shape index (κ2) is 13.7. The molecule has 2 saturated carbocycles. The molecule has 0 spiro atoms. The van der Waals surface area contributed by atoms with Crippen LogP contribution in [0.5, 0.6) is 0 Å². The smallest absolute Gasteiger partial charge is 0.378 e. The molecule has 1 saturated heterocycles. The van der Waals surface area contributed by atoms with Gasteiger partial charge in [-0.05, 0) is 90.6 Å². The number of nitrogens with one attached hydrogen (secondary N) is 2. The van der Waals surface area contributed by atoms with Gasteiger partial charge < -0.3 is 24.8 Å². The number of anilines is 2. The van der Waals surface area contributed by atoms with Gasteiger partial charge in [0.05, 0.1) is 18.8 Å². The number of ether oxygens (including phenoxy) is 1. The molecule has 3 aliphatic rings. The Hall–Kier alpha value is -4.31. The maximum Gasteiger partial charge on any atom is 0.416 e. The van der Waals surface area contributed by atoms with E-state index in [2.05, 4.69) is 48.1 Å². The SMILES string of the molecule is Cc1[nH]c2ccccc2c1[C@H]1[C@@H](CC(=O)N(Cc2ccc(C(F)(F)F)cc2)C2(C(=O)Nc3ccc(N4CCOCC4)cc3)CCCCC2)C1(C)C. The molecule has 0 bridgehead atoms. The van der Waals surface area contributed by atoms with Crippen molar-refractivity contribution in [3.63, 3.8) is 0 Å². The van der Waals surface area contributed by atoms with Crippen molar-refractivity contribution in [1.29, 1.82) is 0 Å². The van der Waals surface area contributed by atoms with Gasteiger partial charge in [-0.25, -0.2) is 0 Å². The van der Waals surface area contributed by atoms with Crippen molar-refractivity contribution in [2.45, 2.75) is 83.5 Å². The van der Waals surface area contributed by atoms with Crippen molar-refractivity contribution in [1.82, 2.24) is 9.88 Å². The monoisotopic (exact) mass is 700 g/mol.